The zero-order valence-corrected chi connectivity index (χ0v) is 16.0. The molecule has 1 aliphatic carbocycles. The molecule has 0 saturated heterocycles. The number of halogens is 3. The summed E-state index contributed by atoms with van der Waals surface area (Å²) in [5.74, 6) is 0. The van der Waals surface area contributed by atoms with Crippen molar-refractivity contribution in [1.82, 2.24) is 4.98 Å². The van der Waals surface area contributed by atoms with E-state index in [0.717, 1.165) is 47.5 Å². The van der Waals surface area contributed by atoms with Gasteiger partial charge in [-0.25, -0.2) is 4.79 Å². The van der Waals surface area contributed by atoms with Gasteiger partial charge in [0.2, 0.25) is 3.79 Å². The highest BCUT2D eigenvalue weighted by Gasteiger charge is 2.28. The summed E-state index contributed by atoms with van der Waals surface area (Å²) in [5, 5.41) is 2.82. The third-order valence-electron chi connectivity index (χ3n) is 3.77. The lowest BCUT2D eigenvalue weighted by atomic mass is 9.87. The van der Waals surface area contributed by atoms with E-state index in [1.54, 1.807) is 0 Å². The number of amides is 1. The van der Waals surface area contributed by atoms with Gasteiger partial charge in [0.25, 0.3) is 0 Å². The van der Waals surface area contributed by atoms with Gasteiger partial charge >= 0.3 is 6.09 Å². The van der Waals surface area contributed by atoms with Gasteiger partial charge in [-0.3, -0.25) is 10.3 Å². The zero-order chi connectivity index (χ0) is 17.4. The number of anilines is 1. The lowest BCUT2D eigenvalue weighted by molar-refractivity contribution is 0.164. The molecule has 23 heavy (non-hydrogen) atoms. The smallest absolute Gasteiger partial charge is 0.411 e. The van der Waals surface area contributed by atoms with Crippen LogP contribution in [0.25, 0.3) is 0 Å². The number of carbonyl (C=O) groups excluding carboxylic acids is 1. The molecule has 0 aromatic carbocycles. The Morgan fingerprint density at radius 3 is 2.48 bits per heavy atom. The fourth-order valence-electron chi connectivity index (χ4n) is 2.87. The minimum Gasteiger partial charge on any atom is -0.445 e. The number of aromatic nitrogens is 1. The van der Waals surface area contributed by atoms with Crippen LogP contribution in [0.3, 0.4) is 0 Å². The summed E-state index contributed by atoms with van der Waals surface area (Å²) in [6.45, 7) is 7.98. The average molecular weight is 380 g/mol. The van der Waals surface area contributed by atoms with Gasteiger partial charge in [-0.1, -0.05) is 55.6 Å². The van der Waals surface area contributed by atoms with E-state index in [-0.39, 0.29) is 12.0 Å². The molecule has 0 unspecified atom stereocenters. The Labute approximate surface area is 151 Å². The number of pyridine rings is 1. The molecule has 0 radical (unpaired) electrons. The minimum absolute atomic E-state index is 0.112. The van der Waals surface area contributed by atoms with Crippen LogP contribution in [-0.4, -0.2) is 21.5 Å². The van der Waals surface area contributed by atoms with Crippen molar-refractivity contribution in [2.24, 2.45) is 0 Å². The van der Waals surface area contributed by atoms with E-state index in [2.05, 4.69) is 26.1 Å². The number of ether oxygens (including phenoxy) is 1. The predicted octanol–water partition coefficient (Wildman–Crippen LogP) is 5.09. The summed E-state index contributed by atoms with van der Waals surface area (Å²) in [6, 6.07) is 0. The Balaban J connectivity index is 2.31. The predicted molar refractivity (Wildman–Crippen MR) is 95.0 cm³/mol. The molecule has 0 saturated carbocycles. The third-order valence-corrected chi connectivity index (χ3v) is 4.10. The van der Waals surface area contributed by atoms with E-state index >= 15 is 0 Å². The number of hydrogen-bond acceptors (Lipinski definition) is 3. The highest BCUT2D eigenvalue weighted by atomic mass is 35.6. The minimum atomic E-state index is -1.62. The van der Waals surface area contributed by atoms with Gasteiger partial charge in [0.05, 0.1) is 11.4 Å². The van der Waals surface area contributed by atoms with E-state index in [0.29, 0.717) is 0 Å². The van der Waals surface area contributed by atoms with Crippen molar-refractivity contribution in [1.29, 1.82) is 0 Å². The Bertz CT molecular complexity index is 619. The molecule has 128 valence electrons. The molecule has 0 aliphatic heterocycles. The Hall–Kier alpha value is -0.710. The highest BCUT2D eigenvalue weighted by molar-refractivity contribution is 6.67. The van der Waals surface area contributed by atoms with Crippen LogP contribution >= 0.6 is 34.8 Å². The van der Waals surface area contributed by atoms with Gasteiger partial charge in [0, 0.05) is 11.1 Å². The number of nitrogens with one attached hydrogen (secondary N) is 1. The molecule has 0 spiro atoms. The van der Waals surface area contributed by atoms with Crippen molar-refractivity contribution in [2.45, 2.75) is 56.2 Å². The van der Waals surface area contributed by atoms with E-state index in [9.17, 15) is 4.79 Å². The number of nitrogens with zero attached hydrogens (tertiary/aromatic N) is 1. The van der Waals surface area contributed by atoms with Crippen molar-refractivity contribution in [2.75, 3.05) is 11.9 Å². The van der Waals surface area contributed by atoms with Crippen molar-refractivity contribution in [3.8, 4) is 0 Å². The number of alkyl halides is 3. The number of hydrogen-bond donors (Lipinski definition) is 1. The SMILES string of the molecule is Cc1c(C(C)(C)C)nc2c(c1NC(=O)OCC(Cl)(Cl)Cl)CCC2. The first-order valence-corrected chi connectivity index (χ1v) is 8.66. The third kappa shape index (κ3) is 4.65. The molecule has 4 nitrogen and oxygen atoms in total. The normalized spacial score (nSPS) is 14.6. The molecule has 1 aromatic heterocycles. The maximum Gasteiger partial charge on any atom is 0.411 e. The fourth-order valence-corrected chi connectivity index (χ4v) is 3.03. The molecule has 0 fully saturated rings. The molecular formula is C16H21Cl3N2O2. The Morgan fingerprint density at radius 2 is 1.91 bits per heavy atom. The number of rotatable bonds is 2. The lowest BCUT2D eigenvalue weighted by Gasteiger charge is -2.24. The topological polar surface area (TPSA) is 51.2 Å². The Kier molecular flexibility index (Phi) is 5.39. The van der Waals surface area contributed by atoms with Gasteiger partial charge in [-0.05, 0) is 37.3 Å². The highest BCUT2D eigenvalue weighted by Crippen LogP contribution is 2.36. The van der Waals surface area contributed by atoms with E-state index < -0.39 is 9.89 Å². The number of fused-ring (bicyclic) bond motifs is 1. The van der Waals surface area contributed by atoms with Crippen LogP contribution in [0.4, 0.5) is 10.5 Å². The largest absolute Gasteiger partial charge is 0.445 e. The molecular weight excluding hydrogens is 359 g/mol. The van der Waals surface area contributed by atoms with Crippen LogP contribution in [0.5, 0.6) is 0 Å². The molecule has 7 heteroatoms. The molecule has 2 rings (SSSR count). The van der Waals surface area contributed by atoms with Gasteiger partial charge in [0.1, 0.15) is 6.61 Å². The van der Waals surface area contributed by atoms with Gasteiger partial charge in [-0.15, -0.1) is 0 Å². The molecule has 0 bridgehead atoms. The molecule has 1 N–H and O–H groups in total. The molecule has 1 aromatic rings. The molecule has 0 atom stereocenters. The van der Waals surface area contributed by atoms with Crippen LogP contribution in [0.1, 0.15) is 49.7 Å². The maximum absolute atomic E-state index is 12.0. The summed E-state index contributed by atoms with van der Waals surface area (Å²) in [6.07, 6.45) is 2.23. The molecule has 1 aliphatic rings. The van der Waals surface area contributed by atoms with Crippen LogP contribution in [0.2, 0.25) is 0 Å². The monoisotopic (exact) mass is 378 g/mol. The second-order valence-electron chi connectivity index (χ2n) is 6.81. The van der Waals surface area contributed by atoms with Crippen molar-refractivity contribution in [3.05, 3.63) is 22.5 Å². The summed E-state index contributed by atoms with van der Waals surface area (Å²) < 4.78 is 3.36. The first-order chi connectivity index (χ1) is 10.5. The summed E-state index contributed by atoms with van der Waals surface area (Å²) in [7, 11) is 0. The lowest BCUT2D eigenvalue weighted by Crippen LogP contribution is -2.24. The summed E-state index contributed by atoms with van der Waals surface area (Å²) in [4.78, 5) is 16.9. The molecule has 1 heterocycles. The second kappa shape index (κ2) is 6.66. The number of aryl methyl sites for hydroxylation is 1. The van der Waals surface area contributed by atoms with Crippen LogP contribution in [-0.2, 0) is 23.0 Å². The van der Waals surface area contributed by atoms with Crippen molar-refractivity contribution < 1.29 is 9.53 Å². The van der Waals surface area contributed by atoms with Crippen molar-refractivity contribution >= 4 is 46.6 Å². The first-order valence-electron chi connectivity index (χ1n) is 7.52. The van der Waals surface area contributed by atoms with Crippen LogP contribution in [0.15, 0.2) is 0 Å². The average Bonchev–Trinajstić information content (AvgIpc) is 2.85. The van der Waals surface area contributed by atoms with Gasteiger partial charge in [-0.2, -0.15) is 0 Å². The zero-order valence-electron chi connectivity index (χ0n) is 13.7. The first kappa shape index (κ1) is 18.6. The molecule has 1 amide bonds. The Morgan fingerprint density at radius 1 is 1.26 bits per heavy atom. The standard InChI is InChI=1S/C16H21Cl3N2O2/c1-9-12(21-14(22)23-8-16(17,18)19)10-6-5-7-11(10)20-13(9)15(2,3)4/h5-8H2,1-4H3,(H,20,21,22). The maximum atomic E-state index is 12.0. The summed E-state index contributed by atoms with van der Waals surface area (Å²) in [5.41, 5.74) is 4.75. The quantitative estimate of drug-likeness (QED) is 0.728. The second-order valence-corrected chi connectivity index (χ2v) is 9.32. The number of carbonyl (C=O) groups is 1. The van der Waals surface area contributed by atoms with Crippen LogP contribution < -0.4 is 5.32 Å². The van der Waals surface area contributed by atoms with Crippen molar-refractivity contribution in [3.63, 3.8) is 0 Å². The van der Waals surface area contributed by atoms with E-state index in [1.807, 2.05) is 6.92 Å². The van der Waals surface area contributed by atoms with Gasteiger partial charge < -0.3 is 4.74 Å². The van der Waals surface area contributed by atoms with E-state index in [1.165, 1.54) is 0 Å². The van der Waals surface area contributed by atoms with Crippen LogP contribution in [0, 0.1) is 6.92 Å². The van der Waals surface area contributed by atoms with Gasteiger partial charge in [0.15, 0.2) is 0 Å². The fraction of sp³-hybridized carbons (Fsp3) is 0.625. The van der Waals surface area contributed by atoms with E-state index in [4.69, 9.17) is 44.5 Å². The summed E-state index contributed by atoms with van der Waals surface area (Å²) >= 11 is 16.8.